The molecular formula is C26H35N5O4S. The number of fused-ring (bicyclic) bond motifs is 1. The molecule has 0 atom stereocenters. The van der Waals surface area contributed by atoms with Gasteiger partial charge in [0.25, 0.3) is 0 Å². The number of likely N-dealkylation sites (tertiary alicyclic amines) is 1. The molecule has 0 bridgehead atoms. The van der Waals surface area contributed by atoms with Crippen molar-refractivity contribution in [3.8, 4) is 0 Å². The highest BCUT2D eigenvalue weighted by molar-refractivity contribution is 7.92. The van der Waals surface area contributed by atoms with Gasteiger partial charge in [-0.1, -0.05) is 0 Å². The van der Waals surface area contributed by atoms with Crippen LogP contribution in [-0.2, 0) is 19.4 Å². The smallest absolute Gasteiger partial charge is 0.249 e. The summed E-state index contributed by atoms with van der Waals surface area (Å²) < 4.78 is 31.7. The highest BCUT2D eigenvalue weighted by atomic mass is 32.2. The fourth-order valence-electron chi connectivity index (χ4n) is 5.38. The molecule has 3 aliphatic rings. The number of benzene rings is 1. The molecule has 0 saturated carbocycles. The molecule has 194 valence electrons. The van der Waals surface area contributed by atoms with E-state index in [-0.39, 0.29) is 17.2 Å². The molecule has 5 rings (SSSR count). The maximum atomic E-state index is 13.1. The monoisotopic (exact) mass is 513 g/mol. The van der Waals surface area contributed by atoms with Crippen molar-refractivity contribution >= 4 is 38.8 Å². The Kier molecular flexibility index (Phi) is 6.69. The number of rotatable bonds is 5. The van der Waals surface area contributed by atoms with E-state index in [0.717, 1.165) is 37.4 Å². The number of aromatic nitrogens is 1. The normalized spacial score (nSPS) is 21.6. The van der Waals surface area contributed by atoms with Gasteiger partial charge >= 0.3 is 0 Å². The number of sulfone groups is 1. The van der Waals surface area contributed by atoms with Crippen molar-refractivity contribution in [3.05, 3.63) is 36.4 Å². The number of pyridine rings is 1. The van der Waals surface area contributed by atoms with Crippen LogP contribution >= 0.6 is 0 Å². The van der Waals surface area contributed by atoms with E-state index in [2.05, 4.69) is 20.4 Å². The summed E-state index contributed by atoms with van der Waals surface area (Å²) in [6.07, 6.45) is 2.99. The van der Waals surface area contributed by atoms with Crippen molar-refractivity contribution in [2.24, 2.45) is 0 Å². The number of ether oxygens (including phenoxy) is 1. The maximum absolute atomic E-state index is 13.1. The van der Waals surface area contributed by atoms with E-state index in [0.29, 0.717) is 42.5 Å². The molecule has 3 aliphatic heterocycles. The van der Waals surface area contributed by atoms with Crippen LogP contribution in [0.2, 0.25) is 0 Å². The predicted molar refractivity (Wildman–Crippen MR) is 141 cm³/mol. The topological polar surface area (TPSA) is 104 Å². The molecule has 0 unspecified atom stereocenters. The van der Waals surface area contributed by atoms with Gasteiger partial charge in [-0.2, -0.15) is 0 Å². The third-order valence-electron chi connectivity index (χ3n) is 7.63. The Balaban J connectivity index is 1.37. The fraction of sp³-hybridized carbons (Fsp3) is 0.538. The van der Waals surface area contributed by atoms with E-state index in [1.165, 1.54) is 0 Å². The Morgan fingerprint density at radius 2 is 1.69 bits per heavy atom. The van der Waals surface area contributed by atoms with Gasteiger partial charge in [0, 0.05) is 24.9 Å². The first-order valence-electron chi connectivity index (χ1n) is 12.7. The van der Waals surface area contributed by atoms with Crippen LogP contribution < -0.4 is 15.5 Å². The van der Waals surface area contributed by atoms with Crippen LogP contribution in [0.4, 0.5) is 23.0 Å². The van der Waals surface area contributed by atoms with Gasteiger partial charge in [-0.3, -0.25) is 4.79 Å². The van der Waals surface area contributed by atoms with Gasteiger partial charge < -0.3 is 25.2 Å². The molecule has 1 amide bonds. The van der Waals surface area contributed by atoms with Crippen LogP contribution in [0.1, 0.15) is 39.5 Å². The Hall–Kier alpha value is -2.69. The van der Waals surface area contributed by atoms with E-state index in [4.69, 9.17) is 9.72 Å². The van der Waals surface area contributed by atoms with E-state index in [1.807, 2.05) is 33.0 Å². The molecule has 0 aliphatic carbocycles. The highest BCUT2D eigenvalue weighted by Gasteiger charge is 2.44. The van der Waals surface area contributed by atoms with Crippen molar-refractivity contribution in [1.29, 1.82) is 0 Å². The first-order chi connectivity index (χ1) is 17.2. The minimum absolute atomic E-state index is 0.0505. The number of piperidine rings is 1. The lowest BCUT2D eigenvalue weighted by Crippen LogP contribution is -2.61. The summed E-state index contributed by atoms with van der Waals surface area (Å²) in [5.41, 5.74) is 0.697. The zero-order valence-electron chi connectivity index (χ0n) is 21.2. The second-order valence-corrected chi connectivity index (χ2v) is 12.7. The molecule has 10 heteroatoms. The third-order valence-corrected chi connectivity index (χ3v) is 9.90. The van der Waals surface area contributed by atoms with Gasteiger partial charge in [0.1, 0.15) is 11.4 Å². The van der Waals surface area contributed by atoms with Gasteiger partial charge in [0.15, 0.2) is 15.7 Å². The van der Waals surface area contributed by atoms with Crippen molar-refractivity contribution in [2.45, 2.75) is 61.3 Å². The minimum atomic E-state index is -3.35. The molecule has 4 heterocycles. The van der Waals surface area contributed by atoms with Crippen LogP contribution in [0.3, 0.4) is 0 Å². The second-order valence-electron chi connectivity index (χ2n) is 10.5. The van der Waals surface area contributed by atoms with Crippen molar-refractivity contribution in [1.82, 2.24) is 9.88 Å². The van der Waals surface area contributed by atoms with Crippen LogP contribution in [0.5, 0.6) is 0 Å². The Morgan fingerprint density at radius 1 is 1.03 bits per heavy atom. The number of nitrogens with one attached hydrogen (secondary N) is 2. The minimum Gasteiger partial charge on any atom is -0.381 e. The molecule has 2 fully saturated rings. The third kappa shape index (κ3) is 4.69. The van der Waals surface area contributed by atoms with Gasteiger partial charge in [0.05, 0.1) is 15.8 Å². The first kappa shape index (κ1) is 25.0. The summed E-state index contributed by atoms with van der Waals surface area (Å²) in [5, 5.41) is 5.97. The number of hydrogen-bond donors (Lipinski definition) is 2. The molecular weight excluding hydrogens is 478 g/mol. The van der Waals surface area contributed by atoms with Crippen LogP contribution in [0.25, 0.3) is 0 Å². The molecule has 9 nitrogen and oxygen atoms in total. The summed E-state index contributed by atoms with van der Waals surface area (Å²) in [6.45, 7) is 6.78. The molecule has 1 aromatic heterocycles. The van der Waals surface area contributed by atoms with Crippen LogP contribution in [0, 0.1) is 0 Å². The van der Waals surface area contributed by atoms with Gasteiger partial charge in [-0.15, -0.1) is 0 Å². The van der Waals surface area contributed by atoms with E-state index < -0.39 is 15.4 Å². The summed E-state index contributed by atoms with van der Waals surface area (Å²) in [4.78, 5) is 22.4. The zero-order valence-corrected chi connectivity index (χ0v) is 22.0. The Bertz CT molecular complexity index is 1220. The number of nitrogens with zero attached hydrogens (tertiary/aromatic N) is 3. The lowest BCUT2D eigenvalue weighted by Gasteiger charge is -2.48. The number of anilines is 4. The summed E-state index contributed by atoms with van der Waals surface area (Å²) >= 11 is 0. The average Bonchev–Trinajstić information content (AvgIpc) is 2.86. The molecule has 2 aromatic rings. The van der Waals surface area contributed by atoms with Gasteiger partial charge in [0.2, 0.25) is 5.91 Å². The van der Waals surface area contributed by atoms with Crippen molar-refractivity contribution in [3.63, 3.8) is 0 Å². The number of carbonyl (C=O) groups is 1. The quantitative estimate of drug-likeness (QED) is 0.627. The number of carbonyl (C=O) groups excluding carboxylic acids is 1. The fourth-order valence-corrected chi connectivity index (χ4v) is 7.12. The predicted octanol–water partition coefficient (Wildman–Crippen LogP) is 3.41. The molecule has 2 saturated heterocycles. The van der Waals surface area contributed by atoms with Gasteiger partial charge in [-0.25, -0.2) is 13.4 Å². The second kappa shape index (κ2) is 9.64. The summed E-state index contributed by atoms with van der Waals surface area (Å²) in [6, 6.07) is 10.8. The number of amides is 1. The van der Waals surface area contributed by atoms with Gasteiger partial charge in [-0.05, 0) is 96.1 Å². The van der Waals surface area contributed by atoms with E-state index >= 15 is 0 Å². The first-order valence-corrected chi connectivity index (χ1v) is 14.2. The summed E-state index contributed by atoms with van der Waals surface area (Å²) in [5.74, 6) is 1.31. The van der Waals surface area contributed by atoms with E-state index in [1.54, 1.807) is 24.3 Å². The van der Waals surface area contributed by atoms with Crippen LogP contribution in [0.15, 0.2) is 41.3 Å². The molecule has 36 heavy (non-hydrogen) atoms. The molecule has 0 spiro atoms. The Labute approximate surface area is 213 Å². The average molecular weight is 514 g/mol. The molecule has 0 radical (unpaired) electrons. The summed E-state index contributed by atoms with van der Waals surface area (Å²) in [7, 11) is -1.33. The standard InChI is InChI=1S/C26H35N5O4S/c1-26(2)25(32)28-22-8-9-23(29-24(22)31(26)19-12-16-35-17-13-19)27-18-4-6-20(7-5-18)36(33,34)21-10-14-30(3)15-11-21/h4-9,19,21H,10-17H2,1-3H3,(H,27,29)(H,28,32). The van der Waals surface area contributed by atoms with E-state index in [9.17, 15) is 13.2 Å². The lowest BCUT2D eigenvalue weighted by atomic mass is 9.93. The SMILES string of the molecule is CN1CCC(S(=O)(=O)c2ccc(Nc3ccc4c(n3)N(C3CCOCC3)C(C)(C)C(=O)N4)cc2)CC1. The Morgan fingerprint density at radius 3 is 2.36 bits per heavy atom. The largest absolute Gasteiger partial charge is 0.381 e. The molecule has 2 N–H and O–H groups in total. The van der Waals surface area contributed by atoms with Crippen LogP contribution in [-0.4, -0.2) is 74.4 Å². The number of hydrogen-bond acceptors (Lipinski definition) is 8. The molecule has 1 aromatic carbocycles. The van der Waals surface area contributed by atoms with Crippen molar-refractivity contribution in [2.75, 3.05) is 48.9 Å². The highest BCUT2D eigenvalue weighted by Crippen LogP contribution is 2.40. The maximum Gasteiger partial charge on any atom is 0.249 e. The zero-order chi connectivity index (χ0) is 25.5. The lowest BCUT2D eigenvalue weighted by molar-refractivity contribution is -0.120. The van der Waals surface area contributed by atoms with Crippen molar-refractivity contribution < 1.29 is 17.9 Å².